The van der Waals surface area contributed by atoms with E-state index in [9.17, 15) is 28.8 Å². The number of fused-ring (bicyclic) bond motifs is 1. The Labute approximate surface area is 218 Å². The highest BCUT2D eigenvalue weighted by atomic mass is 16.7. The largest absolute Gasteiger partial charge is 0.463 e. The second-order valence-corrected chi connectivity index (χ2v) is 8.75. The van der Waals surface area contributed by atoms with Gasteiger partial charge in [-0.05, 0) is 18.6 Å². The predicted octanol–water partition coefficient (Wildman–Crippen LogP) is 0.345. The minimum absolute atomic E-state index is 0.0283. The average molecular weight is 535 g/mol. The van der Waals surface area contributed by atoms with E-state index in [1.807, 2.05) is 0 Å². The van der Waals surface area contributed by atoms with Crippen LogP contribution in [0.25, 0.3) is 0 Å². The Balaban J connectivity index is 1.74. The molecule has 13 heteroatoms. The molecule has 2 heterocycles. The molecule has 2 aliphatic rings. The van der Waals surface area contributed by atoms with Gasteiger partial charge in [0.2, 0.25) is 5.91 Å². The zero-order valence-corrected chi connectivity index (χ0v) is 21.5. The summed E-state index contributed by atoms with van der Waals surface area (Å²) in [6, 6.07) is 5.41. The van der Waals surface area contributed by atoms with E-state index in [2.05, 4.69) is 5.32 Å². The summed E-state index contributed by atoms with van der Waals surface area (Å²) in [7, 11) is 0. The molecule has 0 aromatic heterocycles. The number of hydrogen-bond donors (Lipinski definition) is 1. The van der Waals surface area contributed by atoms with Gasteiger partial charge in [-0.2, -0.15) is 0 Å². The van der Waals surface area contributed by atoms with Crippen LogP contribution in [0.2, 0.25) is 0 Å². The Morgan fingerprint density at radius 2 is 1.47 bits per heavy atom. The molecule has 1 fully saturated rings. The lowest BCUT2D eigenvalue weighted by atomic mass is 9.96. The molecule has 206 valence electrons. The molecule has 0 saturated carbocycles. The number of hydrogen-bond acceptors (Lipinski definition) is 11. The third-order valence-electron chi connectivity index (χ3n) is 5.76. The number of rotatable bonds is 10. The number of amides is 3. The summed E-state index contributed by atoms with van der Waals surface area (Å²) in [5, 5.41) is 2.60. The quantitative estimate of drug-likeness (QED) is 0.191. The van der Waals surface area contributed by atoms with Gasteiger partial charge >= 0.3 is 17.9 Å². The summed E-state index contributed by atoms with van der Waals surface area (Å²) >= 11 is 0. The van der Waals surface area contributed by atoms with E-state index in [4.69, 9.17) is 23.7 Å². The van der Waals surface area contributed by atoms with Gasteiger partial charge in [0.05, 0.1) is 17.7 Å². The van der Waals surface area contributed by atoms with Crippen molar-refractivity contribution in [2.24, 2.45) is 0 Å². The highest BCUT2D eigenvalue weighted by Crippen LogP contribution is 2.28. The van der Waals surface area contributed by atoms with Gasteiger partial charge in [-0.25, -0.2) is 0 Å². The number of nitrogens with one attached hydrogen (secondary N) is 1. The molecule has 5 atom stereocenters. The van der Waals surface area contributed by atoms with Crippen LogP contribution < -0.4 is 5.32 Å². The number of carbonyl (C=O) groups excluding carboxylic acids is 6. The Bertz CT molecular complexity index is 1070. The molecule has 38 heavy (non-hydrogen) atoms. The Morgan fingerprint density at radius 1 is 0.895 bits per heavy atom. The zero-order chi connectivity index (χ0) is 28.0. The van der Waals surface area contributed by atoms with Crippen LogP contribution in [0.1, 0.15) is 54.8 Å². The first-order valence-electron chi connectivity index (χ1n) is 12.0. The summed E-state index contributed by atoms with van der Waals surface area (Å²) in [6.45, 7) is 4.37. The fourth-order valence-corrected chi connectivity index (χ4v) is 4.30. The number of carbonyl (C=O) groups is 6. The molecule has 0 unspecified atom stereocenters. The molecule has 0 spiro atoms. The molecule has 1 saturated heterocycles. The number of imide groups is 1. The van der Waals surface area contributed by atoms with Crippen molar-refractivity contribution in [3.63, 3.8) is 0 Å². The molecule has 2 aliphatic heterocycles. The van der Waals surface area contributed by atoms with Crippen LogP contribution in [0.15, 0.2) is 24.3 Å². The maximum Gasteiger partial charge on any atom is 0.303 e. The summed E-state index contributed by atoms with van der Waals surface area (Å²) in [5.41, 5.74) is 0.655. The lowest BCUT2D eigenvalue weighted by Gasteiger charge is -2.45. The smallest absolute Gasteiger partial charge is 0.303 e. The first-order valence-corrected chi connectivity index (χ1v) is 12.0. The molecule has 0 radical (unpaired) electrons. The van der Waals surface area contributed by atoms with E-state index < -0.39 is 66.3 Å². The molecule has 3 rings (SSSR count). The number of nitrogens with zero attached hydrogens (tertiary/aromatic N) is 1. The standard InChI is InChI=1S/C25H30N2O11/c1-13(28)26-20-22(37-16(4)31)21(36-15(3)30)19(12-35-14(2)29)38-25(20)34-11-7-10-27-23(32)17-8-5-6-9-18(17)24(27)33/h5-6,8-9,19-22,25H,7,10-12H2,1-4H3,(H,26,28)/t19-,20+,21+,22-,25-/m0/s1. The molecule has 13 nitrogen and oxygen atoms in total. The normalized spacial score (nSPS) is 24.4. The minimum Gasteiger partial charge on any atom is -0.463 e. The SMILES string of the molecule is CC(=O)N[C@H]1[C@@H](OCCCN2C(=O)c3ccccc3C2=O)O[C@@H](COC(C)=O)[C@@H](OC(C)=O)[C@H]1OC(C)=O. The number of ether oxygens (including phenoxy) is 5. The molecule has 1 aromatic rings. The van der Waals surface area contributed by atoms with Crippen LogP contribution in [-0.2, 0) is 42.9 Å². The van der Waals surface area contributed by atoms with Crippen LogP contribution in [-0.4, -0.2) is 90.9 Å². The Hall–Kier alpha value is -3.84. The zero-order valence-electron chi connectivity index (χ0n) is 21.5. The monoisotopic (exact) mass is 534 g/mol. The van der Waals surface area contributed by atoms with Gasteiger partial charge in [0.25, 0.3) is 11.8 Å². The van der Waals surface area contributed by atoms with Crippen molar-refractivity contribution in [2.45, 2.75) is 64.8 Å². The average Bonchev–Trinajstić information content (AvgIpc) is 3.08. The van der Waals surface area contributed by atoms with E-state index in [-0.39, 0.29) is 26.2 Å². The summed E-state index contributed by atoms with van der Waals surface area (Å²) in [5.74, 6) is -3.38. The molecular weight excluding hydrogens is 504 g/mol. The van der Waals surface area contributed by atoms with Gasteiger partial charge in [-0.1, -0.05) is 12.1 Å². The van der Waals surface area contributed by atoms with Crippen molar-refractivity contribution in [2.75, 3.05) is 19.8 Å². The Morgan fingerprint density at radius 3 is 2.00 bits per heavy atom. The van der Waals surface area contributed by atoms with Crippen molar-refractivity contribution in [3.05, 3.63) is 35.4 Å². The molecule has 0 bridgehead atoms. The van der Waals surface area contributed by atoms with Gasteiger partial charge < -0.3 is 29.0 Å². The van der Waals surface area contributed by atoms with Crippen molar-refractivity contribution in [1.82, 2.24) is 10.2 Å². The fraction of sp³-hybridized carbons (Fsp3) is 0.520. The van der Waals surface area contributed by atoms with Gasteiger partial charge in [0, 0.05) is 34.2 Å². The van der Waals surface area contributed by atoms with Crippen LogP contribution >= 0.6 is 0 Å². The molecule has 0 aliphatic carbocycles. The van der Waals surface area contributed by atoms with Gasteiger partial charge in [0.1, 0.15) is 18.8 Å². The predicted molar refractivity (Wildman–Crippen MR) is 126 cm³/mol. The molecular formula is C25H30N2O11. The van der Waals surface area contributed by atoms with Gasteiger partial charge in [-0.15, -0.1) is 0 Å². The molecule has 1 aromatic carbocycles. The maximum absolute atomic E-state index is 12.6. The van der Waals surface area contributed by atoms with Crippen LogP contribution in [0, 0.1) is 0 Å². The van der Waals surface area contributed by atoms with Crippen molar-refractivity contribution < 1.29 is 52.5 Å². The van der Waals surface area contributed by atoms with Gasteiger partial charge in [0.15, 0.2) is 18.5 Å². The maximum atomic E-state index is 12.6. The highest BCUT2D eigenvalue weighted by Gasteiger charge is 2.51. The minimum atomic E-state index is -1.24. The van der Waals surface area contributed by atoms with E-state index >= 15 is 0 Å². The number of benzene rings is 1. The third-order valence-corrected chi connectivity index (χ3v) is 5.76. The fourth-order valence-electron chi connectivity index (χ4n) is 4.30. The molecule has 3 amide bonds. The van der Waals surface area contributed by atoms with Crippen molar-refractivity contribution >= 4 is 35.6 Å². The van der Waals surface area contributed by atoms with Gasteiger partial charge in [-0.3, -0.25) is 33.7 Å². The molecule has 1 N–H and O–H groups in total. The van der Waals surface area contributed by atoms with E-state index in [0.717, 1.165) is 18.7 Å². The van der Waals surface area contributed by atoms with Crippen LogP contribution in [0.5, 0.6) is 0 Å². The summed E-state index contributed by atoms with van der Waals surface area (Å²) < 4.78 is 27.5. The Kier molecular flexibility index (Phi) is 9.53. The third kappa shape index (κ3) is 6.92. The topological polar surface area (TPSA) is 164 Å². The summed E-state index contributed by atoms with van der Waals surface area (Å²) in [6.07, 6.45) is -4.57. The van der Waals surface area contributed by atoms with Crippen LogP contribution in [0.3, 0.4) is 0 Å². The van der Waals surface area contributed by atoms with Crippen molar-refractivity contribution in [1.29, 1.82) is 0 Å². The lowest BCUT2D eigenvalue weighted by molar-refractivity contribution is -0.277. The second kappa shape index (κ2) is 12.6. The lowest BCUT2D eigenvalue weighted by Crippen LogP contribution is -2.66. The van der Waals surface area contributed by atoms with Crippen LogP contribution in [0.4, 0.5) is 0 Å². The van der Waals surface area contributed by atoms with Crippen molar-refractivity contribution in [3.8, 4) is 0 Å². The van der Waals surface area contributed by atoms with E-state index in [0.29, 0.717) is 11.1 Å². The second-order valence-electron chi connectivity index (χ2n) is 8.75. The van der Waals surface area contributed by atoms with E-state index in [1.165, 1.54) is 13.8 Å². The first-order chi connectivity index (χ1) is 18.0. The number of esters is 3. The van der Waals surface area contributed by atoms with E-state index in [1.54, 1.807) is 24.3 Å². The summed E-state index contributed by atoms with van der Waals surface area (Å²) in [4.78, 5) is 73.4. The highest BCUT2D eigenvalue weighted by molar-refractivity contribution is 6.21. The first kappa shape index (κ1) is 28.7.